The van der Waals surface area contributed by atoms with Gasteiger partial charge in [0.15, 0.2) is 0 Å². The molecule has 86 valence electrons. The summed E-state index contributed by atoms with van der Waals surface area (Å²) in [5.41, 5.74) is 4.55. The van der Waals surface area contributed by atoms with Crippen molar-refractivity contribution in [3.8, 4) is 0 Å². The summed E-state index contributed by atoms with van der Waals surface area (Å²) in [6.45, 7) is 4.33. The highest BCUT2D eigenvalue weighted by Crippen LogP contribution is 2.28. The third-order valence-corrected chi connectivity index (χ3v) is 4.14. The second kappa shape index (κ2) is 4.55. The summed E-state index contributed by atoms with van der Waals surface area (Å²) in [4.78, 5) is 8.43. The van der Waals surface area contributed by atoms with Crippen molar-refractivity contribution in [2.45, 2.75) is 25.8 Å². The van der Waals surface area contributed by atoms with Crippen molar-refractivity contribution in [1.82, 2.24) is 15.2 Å². The highest BCUT2D eigenvalue weighted by atomic mass is 32.1. The molecule has 4 heteroatoms. The molecule has 3 rings (SSSR count). The first kappa shape index (κ1) is 10.3. The van der Waals surface area contributed by atoms with Crippen LogP contribution in [0.25, 0.3) is 5.70 Å². The first-order chi connectivity index (χ1) is 7.95. The molecule has 0 bridgehead atoms. The molecule has 0 unspecified atom stereocenters. The molecule has 0 atom stereocenters. The van der Waals surface area contributed by atoms with Crippen LogP contribution in [0.1, 0.15) is 29.8 Å². The smallest absolute Gasteiger partial charge is 0.101 e. The number of nitrogens with zero attached hydrogens (tertiary/aromatic N) is 2. The predicted octanol–water partition coefficient (Wildman–Crippen LogP) is 2.07. The van der Waals surface area contributed by atoms with Gasteiger partial charge in [-0.3, -0.25) is 0 Å². The minimum absolute atomic E-state index is 0.966. The molecule has 0 aromatic carbocycles. The fraction of sp³-hybridized carbons (Fsp3) is 0.583. The van der Waals surface area contributed by atoms with E-state index in [2.05, 4.69) is 21.3 Å². The van der Waals surface area contributed by atoms with Gasteiger partial charge in [0.1, 0.15) is 5.69 Å². The Labute approximate surface area is 100 Å². The van der Waals surface area contributed by atoms with E-state index in [0.29, 0.717) is 0 Å². The average molecular weight is 235 g/mol. The van der Waals surface area contributed by atoms with Crippen molar-refractivity contribution in [3.05, 3.63) is 22.2 Å². The number of fused-ring (bicyclic) bond motifs is 1. The van der Waals surface area contributed by atoms with Crippen LogP contribution in [-0.4, -0.2) is 29.5 Å². The molecule has 1 saturated heterocycles. The Kier molecular flexibility index (Phi) is 2.93. The molecule has 16 heavy (non-hydrogen) atoms. The molecule has 2 aliphatic heterocycles. The van der Waals surface area contributed by atoms with Gasteiger partial charge in [-0.2, -0.15) is 0 Å². The zero-order chi connectivity index (χ0) is 10.8. The zero-order valence-corrected chi connectivity index (χ0v) is 10.2. The van der Waals surface area contributed by atoms with Gasteiger partial charge in [0, 0.05) is 31.1 Å². The first-order valence-electron chi connectivity index (χ1n) is 6.04. The van der Waals surface area contributed by atoms with Crippen LogP contribution in [0.2, 0.25) is 0 Å². The maximum Gasteiger partial charge on any atom is 0.101 e. The monoisotopic (exact) mass is 235 g/mol. The molecule has 0 saturated carbocycles. The van der Waals surface area contributed by atoms with Crippen molar-refractivity contribution in [1.29, 1.82) is 0 Å². The van der Waals surface area contributed by atoms with Gasteiger partial charge in [0.2, 0.25) is 0 Å². The lowest BCUT2D eigenvalue weighted by atomic mass is 10.1. The number of hydrogen-bond donors (Lipinski definition) is 1. The van der Waals surface area contributed by atoms with E-state index in [1.807, 2.05) is 5.51 Å². The predicted molar refractivity (Wildman–Crippen MR) is 67.2 cm³/mol. The lowest BCUT2D eigenvalue weighted by Crippen LogP contribution is -2.28. The third-order valence-electron chi connectivity index (χ3n) is 3.31. The quantitative estimate of drug-likeness (QED) is 0.807. The van der Waals surface area contributed by atoms with Crippen LogP contribution >= 0.6 is 11.3 Å². The average Bonchev–Trinajstić information content (AvgIpc) is 2.70. The Balaban J connectivity index is 1.91. The highest BCUT2D eigenvalue weighted by Gasteiger charge is 2.20. The summed E-state index contributed by atoms with van der Waals surface area (Å²) in [5.74, 6) is 0. The number of aromatic nitrogens is 1. The van der Waals surface area contributed by atoms with Gasteiger partial charge in [-0.05, 0) is 25.3 Å². The number of nitrogens with one attached hydrogen (secondary N) is 1. The van der Waals surface area contributed by atoms with Crippen LogP contribution in [0.15, 0.2) is 11.6 Å². The summed E-state index contributed by atoms with van der Waals surface area (Å²) < 4.78 is 0. The van der Waals surface area contributed by atoms with Gasteiger partial charge in [-0.1, -0.05) is 0 Å². The Morgan fingerprint density at radius 2 is 2.12 bits per heavy atom. The van der Waals surface area contributed by atoms with Crippen molar-refractivity contribution in [2.75, 3.05) is 19.6 Å². The Hall–Kier alpha value is -0.870. The highest BCUT2D eigenvalue weighted by molar-refractivity contribution is 7.09. The normalized spacial score (nSPS) is 21.2. The van der Waals surface area contributed by atoms with Crippen LogP contribution in [-0.2, 0) is 6.54 Å². The summed E-state index contributed by atoms with van der Waals surface area (Å²) in [6.07, 6.45) is 6.33. The van der Waals surface area contributed by atoms with E-state index in [9.17, 15) is 0 Å². The fourth-order valence-corrected chi connectivity index (χ4v) is 3.21. The van der Waals surface area contributed by atoms with E-state index in [1.165, 1.54) is 48.6 Å². The van der Waals surface area contributed by atoms with E-state index in [4.69, 9.17) is 0 Å². The standard InChI is InChI=1S/C12H17N3S/c1-2-6-15(7-3-1)10-4-5-13-8-11-12(10)14-9-16-11/h4,9,13H,1-3,5-8H2. The van der Waals surface area contributed by atoms with Gasteiger partial charge >= 0.3 is 0 Å². The van der Waals surface area contributed by atoms with Crippen molar-refractivity contribution < 1.29 is 0 Å². The van der Waals surface area contributed by atoms with E-state index < -0.39 is 0 Å². The molecule has 1 fully saturated rings. The molecule has 1 aromatic heterocycles. The van der Waals surface area contributed by atoms with Gasteiger partial charge < -0.3 is 10.2 Å². The fourth-order valence-electron chi connectivity index (χ4n) is 2.47. The molecule has 2 aliphatic rings. The summed E-state index contributed by atoms with van der Waals surface area (Å²) in [6, 6.07) is 0. The van der Waals surface area contributed by atoms with Crippen molar-refractivity contribution in [2.24, 2.45) is 0 Å². The second-order valence-corrected chi connectivity index (χ2v) is 5.33. The van der Waals surface area contributed by atoms with Crippen LogP contribution in [0.4, 0.5) is 0 Å². The van der Waals surface area contributed by atoms with E-state index in [-0.39, 0.29) is 0 Å². The lowest BCUT2D eigenvalue weighted by molar-refractivity contribution is 0.325. The van der Waals surface area contributed by atoms with Gasteiger partial charge in [-0.25, -0.2) is 4.98 Å². The Morgan fingerprint density at radius 3 is 3.00 bits per heavy atom. The van der Waals surface area contributed by atoms with Crippen molar-refractivity contribution >= 4 is 17.0 Å². The molecule has 0 spiro atoms. The minimum atomic E-state index is 0.966. The summed E-state index contributed by atoms with van der Waals surface area (Å²) in [7, 11) is 0. The van der Waals surface area contributed by atoms with Crippen molar-refractivity contribution in [3.63, 3.8) is 0 Å². The first-order valence-corrected chi connectivity index (χ1v) is 6.91. The number of likely N-dealkylation sites (tertiary alicyclic amines) is 1. The van der Waals surface area contributed by atoms with Gasteiger partial charge in [-0.15, -0.1) is 11.3 Å². The summed E-state index contributed by atoms with van der Waals surface area (Å²) in [5, 5.41) is 3.43. The number of thiazole rings is 1. The van der Waals surface area contributed by atoms with E-state index in [1.54, 1.807) is 11.3 Å². The number of piperidine rings is 1. The second-order valence-electron chi connectivity index (χ2n) is 4.39. The summed E-state index contributed by atoms with van der Waals surface area (Å²) >= 11 is 1.77. The van der Waals surface area contributed by atoms with E-state index in [0.717, 1.165) is 13.1 Å². The molecule has 1 N–H and O–H groups in total. The maximum atomic E-state index is 4.54. The Morgan fingerprint density at radius 1 is 1.25 bits per heavy atom. The number of hydrogen-bond acceptors (Lipinski definition) is 4. The molecule has 0 amide bonds. The minimum Gasteiger partial charge on any atom is -0.370 e. The molecule has 0 aliphatic carbocycles. The molecular weight excluding hydrogens is 218 g/mol. The lowest BCUT2D eigenvalue weighted by Gasteiger charge is -2.30. The Bertz CT molecular complexity index is 391. The molecule has 0 radical (unpaired) electrons. The van der Waals surface area contributed by atoms with Crippen LogP contribution in [0.3, 0.4) is 0 Å². The number of rotatable bonds is 1. The van der Waals surface area contributed by atoms with Crippen LogP contribution < -0.4 is 5.32 Å². The topological polar surface area (TPSA) is 28.2 Å². The zero-order valence-electron chi connectivity index (χ0n) is 9.41. The maximum absolute atomic E-state index is 4.54. The largest absolute Gasteiger partial charge is 0.370 e. The molecule has 3 nitrogen and oxygen atoms in total. The SMILES string of the molecule is C1=C(N2CCCCC2)c2ncsc2CNC1. The molecule has 1 aromatic rings. The molecular formula is C12H17N3S. The van der Waals surface area contributed by atoms with E-state index >= 15 is 0 Å². The van der Waals surface area contributed by atoms with Gasteiger partial charge in [0.05, 0.1) is 11.2 Å². The third kappa shape index (κ3) is 1.87. The molecule has 3 heterocycles. The van der Waals surface area contributed by atoms with Crippen LogP contribution in [0, 0.1) is 0 Å². The van der Waals surface area contributed by atoms with Crippen LogP contribution in [0.5, 0.6) is 0 Å². The van der Waals surface area contributed by atoms with Gasteiger partial charge in [0.25, 0.3) is 0 Å².